The third-order valence-electron chi connectivity index (χ3n) is 6.55. The normalized spacial score (nSPS) is 24.7. The minimum atomic E-state index is -0.00263. The molecule has 0 spiro atoms. The summed E-state index contributed by atoms with van der Waals surface area (Å²) in [5, 5.41) is 4.14. The maximum atomic E-state index is 12.9. The molecule has 160 valence electrons. The molecule has 4 heterocycles. The van der Waals surface area contributed by atoms with Crippen molar-refractivity contribution in [1.82, 2.24) is 15.2 Å². The molecule has 0 saturated carbocycles. The van der Waals surface area contributed by atoms with Gasteiger partial charge in [0, 0.05) is 17.6 Å². The summed E-state index contributed by atoms with van der Waals surface area (Å²) >= 11 is 1.44. The largest absolute Gasteiger partial charge is 0.489 e. The summed E-state index contributed by atoms with van der Waals surface area (Å²) in [6.07, 6.45) is 4.06. The van der Waals surface area contributed by atoms with Crippen LogP contribution < -0.4 is 10.1 Å². The maximum absolute atomic E-state index is 12.9. The van der Waals surface area contributed by atoms with Crippen molar-refractivity contribution >= 4 is 17.2 Å². The van der Waals surface area contributed by atoms with E-state index in [1.54, 1.807) is 6.20 Å². The molecule has 2 aromatic carbocycles. The fourth-order valence-corrected chi connectivity index (χ4v) is 5.54. The fraction of sp³-hybridized carbons (Fsp3) is 0.360. The first-order valence-corrected chi connectivity index (χ1v) is 11.8. The number of aromatic nitrogens is 1. The molecule has 3 saturated heterocycles. The van der Waals surface area contributed by atoms with Crippen LogP contribution in [0.4, 0.5) is 0 Å². The van der Waals surface area contributed by atoms with Crippen LogP contribution in [0.3, 0.4) is 0 Å². The average molecular weight is 434 g/mol. The van der Waals surface area contributed by atoms with Crippen LogP contribution in [0.2, 0.25) is 0 Å². The van der Waals surface area contributed by atoms with Crippen molar-refractivity contribution in [2.45, 2.75) is 38.5 Å². The zero-order valence-corrected chi connectivity index (χ0v) is 18.5. The second-order valence-electron chi connectivity index (χ2n) is 8.44. The van der Waals surface area contributed by atoms with E-state index in [0.29, 0.717) is 23.4 Å². The molecule has 3 aromatic rings. The summed E-state index contributed by atoms with van der Waals surface area (Å²) in [4.78, 5) is 20.5. The Balaban J connectivity index is 1.21. The Morgan fingerprint density at radius 2 is 1.87 bits per heavy atom. The standard InChI is InChI=1S/C25H27N3O2S/c1-17-23(19-11-13-28(17)14-12-19)27-24(29)22-15-26-25(31-22)20-7-9-21(10-8-20)30-16-18-5-3-2-4-6-18/h2-10,15,17,19,23H,11-14,16H2,1H3,(H,27,29). The third kappa shape index (κ3) is 4.36. The molecule has 1 N–H and O–H groups in total. The van der Waals surface area contributed by atoms with Gasteiger partial charge >= 0.3 is 0 Å². The lowest BCUT2D eigenvalue weighted by molar-refractivity contribution is 0.0218. The number of rotatable bonds is 6. The predicted molar refractivity (Wildman–Crippen MR) is 123 cm³/mol. The minimum absolute atomic E-state index is 0.00263. The molecule has 3 aliphatic heterocycles. The Morgan fingerprint density at radius 3 is 2.58 bits per heavy atom. The zero-order valence-electron chi connectivity index (χ0n) is 17.7. The first kappa shape index (κ1) is 20.2. The number of hydrogen-bond acceptors (Lipinski definition) is 5. The molecular weight excluding hydrogens is 406 g/mol. The van der Waals surface area contributed by atoms with E-state index in [4.69, 9.17) is 4.74 Å². The van der Waals surface area contributed by atoms with Crippen LogP contribution in [0.1, 0.15) is 35.0 Å². The molecule has 6 heteroatoms. The van der Waals surface area contributed by atoms with Crippen LogP contribution in [-0.2, 0) is 6.61 Å². The summed E-state index contributed by atoms with van der Waals surface area (Å²) in [7, 11) is 0. The van der Waals surface area contributed by atoms with Crippen molar-refractivity contribution in [2.75, 3.05) is 13.1 Å². The lowest BCUT2D eigenvalue weighted by atomic mass is 9.79. The van der Waals surface area contributed by atoms with Crippen LogP contribution in [0.5, 0.6) is 5.75 Å². The van der Waals surface area contributed by atoms with Crippen molar-refractivity contribution in [3.05, 3.63) is 71.2 Å². The van der Waals surface area contributed by atoms with Crippen LogP contribution in [0, 0.1) is 5.92 Å². The fourth-order valence-electron chi connectivity index (χ4n) is 4.71. The molecule has 6 rings (SSSR count). The molecule has 2 bridgehead atoms. The number of carbonyl (C=O) groups excluding carboxylic acids is 1. The quantitative estimate of drug-likeness (QED) is 0.617. The average Bonchev–Trinajstić information content (AvgIpc) is 3.32. The Morgan fingerprint density at radius 1 is 1.13 bits per heavy atom. The van der Waals surface area contributed by atoms with Crippen molar-refractivity contribution in [3.8, 4) is 16.3 Å². The molecule has 3 aliphatic rings. The van der Waals surface area contributed by atoms with E-state index < -0.39 is 0 Å². The SMILES string of the molecule is CC1C(NC(=O)c2cnc(-c3ccc(OCc4ccccc4)cc3)s2)C2CCN1CC2. The van der Waals surface area contributed by atoms with Crippen molar-refractivity contribution < 1.29 is 9.53 Å². The number of nitrogens with zero attached hydrogens (tertiary/aromatic N) is 2. The van der Waals surface area contributed by atoms with E-state index in [2.05, 4.69) is 22.1 Å². The van der Waals surface area contributed by atoms with Gasteiger partial charge in [0.05, 0.1) is 6.20 Å². The van der Waals surface area contributed by atoms with Crippen molar-refractivity contribution in [2.24, 2.45) is 5.92 Å². The lowest BCUT2D eigenvalue weighted by Gasteiger charge is -2.49. The Hall–Kier alpha value is -2.70. The van der Waals surface area contributed by atoms with Crippen LogP contribution in [-0.4, -0.2) is 41.0 Å². The van der Waals surface area contributed by atoms with Gasteiger partial charge in [0.25, 0.3) is 5.91 Å². The van der Waals surface area contributed by atoms with Crippen molar-refractivity contribution in [1.29, 1.82) is 0 Å². The number of fused-ring (bicyclic) bond motifs is 3. The third-order valence-corrected chi connectivity index (χ3v) is 7.60. The molecule has 0 aliphatic carbocycles. The monoisotopic (exact) mass is 433 g/mol. The van der Waals surface area contributed by atoms with Gasteiger partial charge in [0.1, 0.15) is 22.2 Å². The lowest BCUT2D eigenvalue weighted by Crippen LogP contribution is -2.62. The van der Waals surface area contributed by atoms with Gasteiger partial charge in [-0.15, -0.1) is 11.3 Å². The van der Waals surface area contributed by atoms with Gasteiger partial charge in [-0.25, -0.2) is 4.98 Å². The minimum Gasteiger partial charge on any atom is -0.489 e. The number of thiazole rings is 1. The summed E-state index contributed by atoms with van der Waals surface area (Å²) in [5.41, 5.74) is 2.13. The Kier molecular flexibility index (Phi) is 5.74. The Labute approximate surface area is 187 Å². The summed E-state index contributed by atoms with van der Waals surface area (Å²) < 4.78 is 5.86. The molecule has 2 atom stereocenters. The highest BCUT2D eigenvalue weighted by Gasteiger charge is 2.40. The van der Waals surface area contributed by atoms with Gasteiger partial charge in [-0.2, -0.15) is 0 Å². The number of ether oxygens (including phenoxy) is 1. The molecule has 2 unspecified atom stereocenters. The highest BCUT2D eigenvalue weighted by molar-refractivity contribution is 7.16. The van der Waals surface area contributed by atoms with E-state index in [0.717, 1.165) is 35.0 Å². The van der Waals surface area contributed by atoms with Crippen LogP contribution >= 0.6 is 11.3 Å². The van der Waals surface area contributed by atoms with Gasteiger partial charge in [0.2, 0.25) is 0 Å². The van der Waals surface area contributed by atoms with Gasteiger partial charge in [-0.3, -0.25) is 9.69 Å². The highest BCUT2D eigenvalue weighted by Crippen LogP contribution is 2.33. The number of carbonyl (C=O) groups is 1. The summed E-state index contributed by atoms with van der Waals surface area (Å²) in [6, 6.07) is 18.7. The van der Waals surface area contributed by atoms with Crippen molar-refractivity contribution in [3.63, 3.8) is 0 Å². The molecule has 5 nitrogen and oxygen atoms in total. The smallest absolute Gasteiger partial charge is 0.263 e. The predicted octanol–water partition coefficient (Wildman–Crippen LogP) is 4.60. The van der Waals surface area contributed by atoms with Crippen LogP contribution in [0.25, 0.3) is 10.6 Å². The van der Waals surface area contributed by atoms with E-state index in [-0.39, 0.29) is 11.9 Å². The molecule has 3 fully saturated rings. The highest BCUT2D eigenvalue weighted by atomic mass is 32.1. The number of nitrogens with one attached hydrogen (secondary N) is 1. The van der Waals surface area contributed by atoms with Crippen LogP contribution in [0.15, 0.2) is 60.8 Å². The van der Waals surface area contributed by atoms with Gasteiger partial charge in [-0.1, -0.05) is 30.3 Å². The second-order valence-corrected chi connectivity index (χ2v) is 9.47. The number of hydrogen-bond donors (Lipinski definition) is 1. The maximum Gasteiger partial charge on any atom is 0.263 e. The summed E-state index contributed by atoms with van der Waals surface area (Å²) in [5.74, 6) is 1.41. The second kappa shape index (κ2) is 8.81. The Bertz CT molecular complexity index is 1020. The topological polar surface area (TPSA) is 54.5 Å². The van der Waals surface area contributed by atoms with E-state index in [1.807, 2.05) is 54.6 Å². The number of piperidine rings is 3. The molecular formula is C25H27N3O2S. The van der Waals surface area contributed by atoms with E-state index >= 15 is 0 Å². The van der Waals surface area contributed by atoms with Gasteiger partial charge < -0.3 is 10.1 Å². The van der Waals surface area contributed by atoms with Gasteiger partial charge in [-0.05, 0) is 68.6 Å². The van der Waals surface area contributed by atoms with E-state index in [9.17, 15) is 4.79 Å². The number of amides is 1. The first-order chi connectivity index (χ1) is 15.2. The molecule has 31 heavy (non-hydrogen) atoms. The number of benzene rings is 2. The molecule has 1 amide bonds. The van der Waals surface area contributed by atoms with E-state index in [1.165, 1.54) is 24.2 Å². The molecule has 0 radical (unpaired) electrons. The summed E-state index contributed by atoms with van der Waals surface area (Å²) in [6.45, 7) is 5.09. The first-order valence-electron chi connectivity index (χ1n) is 11.0. The van der Waals surface area contributed by atoms with Gasteiger partial charge in [0.15, 0.2) is 0 Å². The molecule has 1 aromatic heterocycles. The zero-order chi connectivity index (χ0) is 21.2.